The molecule has 1 aromatic carbocycles. The molecule has 0 fully saturated rings. The number of ether oxygens (including phenoxy) is 2. The number of rotatable bonds is 4. The highest BCUT2D eigenvalue weighted by atomic mass is 35.5. The summed E-state index contributed by atoms with van der Waals surface area (Å²) in [5.74, 6) is -1.80. The minimum Gasteiger partial charge on any atom is -0.460 e. The number of allylic oxidation sites excluding steroid dienone is 2. The molecule has 2 aliphatic rings. The van der Waals surface area contributed by atoms with Gasteiger partial charge in [0.25, 0.3) is 0 Å². The van der Waals surface area contributed by atoms with Crippen molar-refractivity contribution in [1.29, 1.82) is 0 Å². The Morgan fingerprint density at radius 3 is 2.85 bits per heavy atom. The van der Waals surface area contributed by atoms with Crippen LogP contribution in [0.5, 0.6) is 0 Å². The number of sulfone groups is 1. The quantitative estimate of drug-likeness (QED) is 0.721. The Balaban J connectivity index is 2.22. The molecule has 2 aliphatic heterocycles. The van der Waals surface area contributed by atoms with E-state index in [0.717, 1.165) is 0 Å². The molecule has 0 spiro atoms. The molecule has 1 aromatic rings. The molecule has 1 atom stereocenters. The van der Waals surface area contributed by atoms with Crippen LogP contribution in [0.15, 0.2) is 46.1 Å². The van der Waals surface area contributed by atoms with E-state index in [9.17, 15) is 13.2 Å². The van der Waals surface area contributed by atoms with Crippen molar-refractivity contribution < 1.29 is 27.8 Å². The summed E-state index contributed by atoms with van der Waals surface area (Å²) in [6, 6.07) is 6.80. The van der Waals surface area contributed by atoms with Gasteiger partial charge >= 0.3 is 5.97 Å². The predicted molar refractivity (Wildman–Crippen MR) is 99.7 cm³/mol. The Labute approximate surface area is 162 Å². The van der Waals surface area contributed by atoms with Crippen LogP contribution in [0.25, 0.3) is 0 Å². The van der Waals surface area contributed by atoms with Crippen LogP contribution in [0, 0.1) is 0 Å². The van der Waals surface area contributed by atoms with Gasteiger partial charge in [-0.2, -0.15) is 0 Å². The van der Waals surface area contributed by atoms with Gasteiger partial charge < -0.3 is 19.9 Å². The molecule has 0 saturated heterocycles. The first kappa shape index (κ1) is 19.9. The normalized spacial score (nSPS) is 22.0. The van der Waals surface area contributed by atoms with Gasteiger partial charge in [-0.05, 0) is 18.6 Å². The van der Waals surface area contributed by atoms with E-state index in [-0.39, 0.29) is 42.7 Å². The molecule has 146 valence electrons. The van der Waals surface area contributed by atoms with Gasteiger partial charge in [0, 0.05) is 10.7 Å². The number of carbonyl (C=O) groups is 1. The highest BCUT2D eigenvalue weighted by molar-refractivity contribution is 7.95. The molecule has 2 heterocycles. The molecule has 0 bridgehead atoms. The average Bonchev–Trinajstić information content (AvgIpc) is 2.77. The summed E-state index contributed by atoms with van der Waals surface area (Å²) < 4.78 is 36.5. The van der Waals surface area contributed by atoms with E-state index in [1.165, 1.54) is 0 Å². The minimum absolute atomic E-state index is 0.0651. The van der Waals surface area contributed by atoms with Crippen molar-refractivity contribution in [2.45, 2.75) is 12.8 Å². The maximum Gasteiger partial charge on any atom is 0.336 e. The fourth-order valence-corrected chi connectivity index (χ4v) is 5.19. The summed E-state index contributed by atoms with van der Waals surface area (Å²) in [5, 5.41) is 12.3. The molecular weight excluding hydrogens is 394 g/mol. The van der Waals surface area contributed by atoms with Crippen molar-refractivity contribution in [2.75, 3.05) is 32.2 Å². The second kappa shape index (κ2) is 8.02. The Bertz CT molecular complexity index is 922. The van der Waals surface area contributed by atoms with Crippen LogP contribution in [-0.4, -0.2) is 51.7 Å². The van der Waals surface area contributed by atoms with Gasteiger partial charge in [-0.25, -0.2) is 13.2 Å². The molecule has 3 rings (SSSR count). The highest BCUT2D eigenvalue weighted by Crippen LogP contribution is 2.44. The Morgan fingerprint density at radius 2 is 2.15 bits per heavy atom. The lowest BCUT2D eigenvalue weighted by atomic mass is 9.86. The van der Waals surface area contributed by atoms with E-state index >= 15 is 0 Å². The third-order valence-electron chi connectivity index (χ3n) is 4.43. The van der Waals surface area contributed by atoms with Gasteiger partial charge in [-0.1, -0.05) is 29.8 Å². The zero-order chi connectivity index (χ0) is 19.6. The van der Waals surface area contributed by atoms with Gasteiger partial charge in [0.05, 0.1) is 47.7 Å². The third-order valence-corrected chi connectivity index (χ3v) is 6.63. The molecular formula is C18H20ClNO6S. The van der Waals surface area contributed by atoms with Crippen LogP contribution < -0.4 is 5.32 Å². The van der Waals surface area contributed by atoms with Crippen molar-refractivity contribution in [1.82, 2.24) is 5.32 Å². The molecule has 0 radical (unpaired) electrons. The van der Waals surface area contributed by atoms with E-state index in [1.54, 1.807) is 31.2 Å². The summed E-state index contributed by atoms with van der Waals surface area (Å²) in [5.41, 5.74) is 1.51. The molecule has 27 heavy (non-hydrogen) atoms. The number of hydrogen-bond donors (Lipinski definition) is 2. The second-order valence-corrected chi connectivity index (χ2v) is 8.68. The zero-order valence-corrected chi connectivity index (χ0v) is 16.3. The summed E-state index contributed by atoms with van der Waals surface area (Å²) in [6.45, 7) is 1.30. The predicted octanol–water partition coefficient (Wildman–Crippen LogP) is 1.49. The van der Waals surface area contributed by atoms with Crippen molar-refractivity contribution in [3.63, 3.8) is 0 Å². The summed E-state index contributed by atoms with van der Waals surface area (Å²) in [4.78, 5) is 12.8. The summed E-state index contributed by atoms with van der Waals surface area (Å²) >= 11 is 6.36. The first-order valence-electron chi connectivity index (χ1n) is 8.40. The monoisotopic (exact) mass is 413 g/mol. The van der Waals surface area contributed by atoms with E-state index in [0.29, 0.717) is 22.0 Å². The molecule has 0 aliphatic carbocycles. The Morgan fingerprint density at radius 1 is 1.41 bits per heavy atom. The number of dihydropyridines is 1. The van der Waals surface area contributed by atoms with Crippen LogP contribution in [-0.2, 0) is 24.1 Å². The highest BCUT2D eigenvalue weighted by Gasteiger charge is 2.42. The standard InChI is InChI=1S/C18H20ClNO6S/c1-11-15(18(22)26-7-6-21)16(12-4-2-3-5-13(12)19)17-14(20-11)10-25-8-9-27(17,23)24/h2-5,16,20-21H,6-10H2,1H3. The number of aliphatic hydroxyl groups excluding tert-OH is 1. The van der Waals surface area contributed by atoms with Gasteiger partial charge in [0.1, 0.15) is 6.61 Å². The number of esters is 1. The number of halogens is 1. The fourth-order valence-electron chi connectivity index (χ4n) is 3.30. The lowest BCUT2D eigenvalue weighted by molar-refractivity contribution is -0.140. The van der Waals surface area contributed by atoms with Crippen molar-refractivity contribution in [3.05, 3.63) is 56.7 Å². The van der Waals surface area contributed by atoms with Gasteiger partial charge in [0.15, 0.2) is 9.84 Å². The number of benzene rings is 1. The largest absolute Gasteiger partial charge is 0.460 e. The van der Waals surface area contributed by atoms with Crippen LogP contribution >= 0.6 is 11.6 Å². The van der Waals surface area contributed by atoms with Crippen molar-refractivity contribution in [3.8, 4) is 0 Å². The maximum absolute atomic E-state index is 13.0. The van der Waals surface area contributed by atoms with Crippen molar-refractivity contribution in [2.24, 2.45) is 0 Å². The van der Waals surface area contributed by atoms with Crippen LogP contribution in [0.4, 0.5) is 0 Å². The maximum atomic E-state index is 13.0. The van der Waals surface area contributed by atoms with Gasteiger partial charge in [0.2, 0.25) is 0 Å². The topological polar surface area (TPSA) is 102 Å². The molecule has 0 amide bonds. The van der Waals surface area contributed by atoms with Crippen LogP contribution in [0.3, 0.4) is 0 Å². The average molecular weight is 414 g/mol. The first-order chi connectivity index (χ1) is 12.9. The fraction of sp³-hybridized carbons (Fsp3) is 0.389. The number of aliphatic hydroxyl groups is 1. The Hall–Kier alpha value is -1.87. The molecule has 2 N–H and O–H groups in total. The van der Waals surface area contributed by atoms with Crippen molar-refractivity contribution >= 4 is 27.4 Å². The summed E-state index contributed by atoms with van der Waals surface area (Å²) in [6.07, 6.45) is 0. The molecule has 9 heteroatoms. The smallest absolute Gasteiger partial charge is 0.336 e. The number of hydrogen-bond acceptors (Lipinski definition) is 7. The lowest BCUT2D eigenvalue weighted by Crippen LogP contribution is -2.33. The van der Waals surface area contributed by atoms with E-state index in [1.807, 2.05) is 0 Å². The zero-order valence-electron chi connectivity index (χ0n) is 14.7. The lowest BCUT2D eigenvalue weighted by Gasteiger charge is -2.31. The van der Waals surface area contributed by atoms with E-state index in [4.69, 9.17) is 26.2 Å². The molecule has 7 nitrogen and oxygen atoms in total. The summed E-state index contributed by atoms with van der Waals surface area (Å²) in [7, 11) is -3.70. The number of carbonyl (C=O) groups excluding carboxylic acids is 1. The van der Waals surface area contributed by atoms with Gasteiger partial charge in [-0.3, -0.25) is 0 Å². The first-order valence-corrected chi connectivity index (χ1v) is 10.4. The third kappa shape index (κ3) is 3.89. The van der Waals surface area contributed by atoms with Gasteiger partial charge in [-0.15, -0.1) is 0 Å². The Kier molecular flexibility index (Phi) is 5.90. The van der Waals surface area contributed by atoms with E-state index in [2.05, 4.69) is 5.32 Å². The molecule has 0 saturated carbocycles. The minimum atomic E-state index is -3.70. The molecule has 1 unspecified atom stereocenters. The van der Waals surface area contributed by atoms with Crippen LogP contribution in [0.2, 0.25) is 5.02 Å². The second-order valence-electron chi connectivity index (χ2n) is 6.19. The molecule has 0 aromatic heterocycles. The number of nitrogens with one attached hydrogen (secondary N) is 1. The van der Waals surface area contributed by atoms with E-state index < -0.39 is 21.7 Å². The SMILES string of the molecule is CC1=C(C(=O)OCCO)C(c2ccccc2Cl)C2=C(COCCS2(=O)=O)N1. The van der Waals surface area contributed by atoms with Crippen LogP contribution in [0.1, 0.15) is 18.4 Å².